The van der Waals surface area contributed by atoms with Crippen LogP contribution in [0, 0.1) is 46.3 Å². The third-order valence-corrected chi connectivity index (χ3v) is 10.3. The van der Waals surface area contributed by atoms with Crippen molar-refractivity contribution < 1.29 is 9.90 Å². The Kier molecular flexibility index (Phi) is 6.01. The Balaban J connectivity index is 1.52. The van der Waals surface area contributed by atoms with Crippen LogP contribution in [0.25, 0.3) is 0 Å². The van der Waals surface area contributed by atoms with Crippen molar-refractivity contribution >= 4 is 5.78 Å². The standard InChI is InChI=1S/C28H44O2/c1-18(2)7-6-8-19(3)23-11-12-24-22-10-9-21-15-26(30)20(17-29)16-28(21,5)25(22)13-14-27(23,24)4/h15,17-19,22-25,29H,6-14,16H2,1-5H3/b20-17-/t19-,22-,23+,24-,25-,27+,28-/m0/s1. The number of carbonyl (C=O) groups excluding carboxylic acids is 1. The second kappa shape index (κ2) is 8.14. The summed E-state index contributed by atoms with van der Waals surface area (Å²) in [5.74, 6) is 4.93. The predicted molar refractivity (Wildman–Crippen MR) is 124 cm³/mol. The van der Waals surface area contributed by atoms with Crippen LogP contribution < -0.4 is 0 Å². The van der Waals surface area contributed by atoms with E-state index in [-0.39, 0.29) is 11.2 Å². The number of aliphatic hydroxyl groups is 1. The SMILES string of the molecule is CC(C)CCC[C@H](C)[C@H]1CC[C@H]2[C@@H]3CCC4=CC(=O)/C(=C\O)C[C@]4(C)[C@H]3CC[C@]12C. The summed E-state index contributed by atoms with van der Waals surface area (Å²) in [5, 5.41) is 9.64. The zero-order valence-corrected chi connectivity index (χ0v) is 20.0. The average molecular weight is 413 g/mol. The molecule has 0 saturated heterocycles. The third-order valence-electron chi connectivity index (χ3n) is 10.3. The van der Waals surface area contributed by atoms with Crippen molar-refractivity contribution in [2.24, 2.45) is 46.3 Å². The van der Waals surface area contributed by atoms with Gasteiger partial charge in [-0.1, -0.05) is 59.5 Å². The van der Waals surface area contributed by atoms with Crippen molar-refractivity contribution in [3.05, 3.63) is 23.5 Å². The first-order valence-electron chi connectivity index (χ1n) is 12.8. The Morgan fingerprint density at radius 3 is 2.57 bits per heavy atom. The molecule has 0 heterocycles. The summed E-state index contributed by atoms with van der Waals surface area (Å²) in [5.41, 5.74) is 2.59. The Hall–Kier alpha value is -1.05. The van der Waals surface area contributed by atoms with Gasteiger partial charge < -0.3 is 5.11 Å². The molecule has 0 unspecified atom stereocenters. The number of hydrogen-bond acceptors (Lipinski definition) is 2. The predicted octanol–water partition coefficient (Wildman–Crippen LogP) is 7.65. The molecule has 2 heteroatoms. The summed E-state index contributed by atoms with van der Waals surface area (Å²) in [6.07, 6.45) is 15.7. The molecule has 0 spiro atoms. The summed E-state index contributed by atoms with van der Waals surface area (Å²) in [6.45, 7) is 12.3. The van der Waals surface area contributed by atoms with E-state index in [2.05, 4.69) is 34.6 Å². The molecule has 2 nitrogen and oxygen atoms in total. The van der Waals surface area contributed by atoms with E-state index in [9.17, 15) is 9.90 Å². The lowest BCUT2D eigenvalue weighted by Crippen LogP contribution is -2.51. The molecular weight excluding hydrogens is 368 g/mol. The summed E-state index contributed by atoms with van der Waals surface area (Å²) < 4.78 is 0. The molecule has 0 aliphatic heterocycles. The van der Waals surface area contributed by atoms with Crippen LogP contribution in [0.2, 0.25) is 0 Å². The molecule has 0 amide bonds. The van der Waals surface area contributed by atoms with Crippen molar-refractivity contribution in [1.29, 1.82) is 0 Å². The quantitative estimate of drug-likeness (QED) is 0.372. The van der Waals surface area contributed by atoms with Crippen LogP contribution in [0.15, 0.2) is 23.5 Å². The molecule has 4 rings (SSSR count). The monoisotopic (exact) mass is 412 g/mol. The zero-order chi connectivity index (χ0) is 21.7. The number of ketones is 1. The van der Waals surface area contributed by atoms with Crippen molar-refractivity contribution in [2.75, 3.05) is 0 Å². The first-order chi connectivity index (χ1) is 14.2. The maximum absolute atomic E-state index is 12.4. The maximum Gasteiger partial charge on any atom is 0.184 e. The number of fused-ring (bicyclic) bond motifs is 5. The number of rotatable bonds is 5. The highest BCUT2D eigenvalue weighted by atomic mass is 16.2. The topological polar surface area (TPSA) is 37.3 Å². The molecule has 0 radical (unpaired) electrons. The van der Waals surface area contributed by atoms with Crippen molar-refractivity contribution in [1.82, 2.24) is 0 Å². The molecule has 0 aromatic rings. The second-order valence-corrected chi connectivity index (χ2v) is 12.2. The van der Waals surface area contributed by atoms with Crippen molar-refractivity contribution in [2.45, 2.75) is 98.8 Å². The van der Waals surface area contributed by atoms with Crippen LogP contribution in [0.5, 0.6) is 0 Å². The van der Waals surface area contributed by atoms with E-state index >= 15 is 0 Å². The molecule has 30 heavy (non-hydrogen) atoms. The minimum Gasteiger partial charge on any atom is -0.515 e. The summed E-state index contributed by atoms with van der Waals surface area (Å²) in [7, 11) is 0. The minimum absolute atomic E-state index is 0.0419. The largest absolute Gasteiger partial charge is 0.515 e. The van der Waals surface area contributed by atoms with E-state index in [1.807, 2.05) is 6.08 Å². The average Bonchev–Trinajstić information content (AvgIpc) is 3.05. The van der Waals surface area contributed by atoms with Crippen LogP contribution in [-0.4, -0.2) is 10.9 Å². The summed E-state index contributed by atoms with van der Waals surface area (Å²) >= 11 is 0. The number of hydrogen-bond donors (Lipinski definition) is 1. The Labute approximate surface area is 184 Å². The number of allylic oxidation sites excluding steroid dienone is 2. The second-order valence-electron chi connectivity index (χ2n) is 12.2. The molecule has 168 valence electrons. The lowest BCUT2D eigenvalue weighted by atomic mass is 9.46. The van der Waals surface area contributed by atoms with Crippen LogP contribution in [0.1, 0.15) is 98.8 Å². The van der Waals surface area contributed by atoms with Gasteiger partial charge in [-0.3, -0.25) is 4.79 Å². The van der Waals surface area contributed by atoms with Gasteiger partial charge >= 0.3 is 0 Å². The summed E-state index contributed by atoms with van der Waals surface area (Å²) in [6, 6.07) is 0. The summed E-state index contributed by atoms with van der Waals surface area (Å²) in [4.78, 5) is 12.4. The normalized spacial score (nSPS) is 43.2. The van der Waals surface area contributed by atoms with Crippen molar-refractivity contribution in [3.8, 4) is 0 Å². The van der Waals surface area contributed by atoms with Gasteiger partial charge in [0, 0.05) is 5.57 Å². The van der Waals surface area contributed by atoms with E-state index in [1.165, 1.54) is 56.9 Å². The zero-order valence-electron chi connectivity index (χ0n) is 20.0. The van der Waals surface area contributed by atoms with Crippen LogP contribution in [0.4, 0.5) is 0 Å². The fourth-order valence-corrected chi connectivity index (χ4v) is 8.68. The number of carbonyl (C=O) groups is 1. The van der Waals surface area contributed by atoms with Gasteiger partial charge in [0.25, 0.3) is 0 Å². The first kappa shape index (κ1) is 22.2. The van der Waals surface area contributed by atoms with Gasteiger partial charge in [0.05, 0.1) is 6.26 Å². The lowest BCUT2D eigenvalue weighted by Gasteiger charge is -2.58. The molecule has 0 aromatic heterocycles. The van der Waals surface area contributed by atoms with Gasteiger partial charge in [0.2, 0.25) is 0 Å². The molecule has 1 N–H and O–H groups in total. The van der Waals surface area contributed by atoms with Gasteiger partial charge in [-0.2, -0.15) is 0 Å². The fourth-order valence-electron chi connectivity index (χ4n) is 8.68. The molecule has 4 aliphatic carbocycles. The number of aliphatic hydroxyl groups excluding tert-OH is 1. The van der Waals surface area contributed by atoms with E-state index in [1.54, 1.807) is 0 Å². The molecule has 7 atom stereocenters. The third kappa shape index (κ3) is 3.51. The van der Waals surface area contributed by atoms with Gasteiger partial charge in [-0.25, -0.2) is 0 Å². The van der Waals surface area contributed by atoms with Crippen LogP contribution >= 0.6 is 0 Å². The fraction of sp³-hybridized carbons (Fsp3) is 0.821. The van der Waals surface area contributed by atoms with E-state index < -0.39 is 0 Å². The smallest absolute Gasteiger partial charge is 0.184 e. The highest BCUT2D eigenvalue weighted by molar-refractivity contribution is 6.05. The van der Waals surface area contributed by atoms with E-state index in [0.29, 0.717) is 16.9 Å². The highest BCUT2D eigenvalue weighted by Crippen LogP contribution is 2.67. The molecule has 0 bridgehead atoms. The molecule has 3 saturated carbocycles. The van der Waals surface area contributed by atoms with Crippen LogP contribution in [0.3, 0.4) is 0 Å². The van der Waals surface area contributed by atoms with Gasteiger partial charge in [0.15, 0.2) is 5.78 Å². The van der Waals surface area contributed by atoms with Crippen molar-refractivity contribution in [3.63, 3.8) is 0 Å². The molecule has 3 fully saturated rings. The Morgan fingerprint density at radius 1 is 1.10 bits per heavy atom. The Morgan fingerprint density at radius 2 is 1.87 bits per heavy atom. The van der Waals surface area contributed by atoms with Crippen LogP contribution in [-0.2, 0) is 4.79 Å². The molecular formula is C28H44O2. The first-order valence-corrected chi connectivity index (χ1v) is 12.8. The minimum atomic E-state index is 0.0419. The lowest BCUT2D eigenvalue weighted by molar-refractivity contribution is -0.113. The van der Waals surface area contributed by atoms with E-state index in [4.69, 9.17) is 0 Å². The van der Waals surface area contributed by atoms with E-state index in [0.717, 1.165) is 48.7 Å². The molecule has 0 aromatic carbocycles. The molecule has 4 aliphatic rings. The Bertz CT molecular complexity index is 731. The van der Waals surface area contributed by atoms with Gasteiger partial charge in [-0.15, -0.1) is 0 Å². The van der Waals surface area contributed by atoms with Gasteiger partial charge in [0.1, 0.15) is 0 Å². The van der Waals surface area contributed by atoms with Gasteiger partial charge in [-0.05, 0) is 97.4 Å². The maximum atomic E-state index is 12.4. The highest BCUT2D eigenvalue weighted by Gasteiger charge is 2.59.